The van der Waals surface area contributed by atoms with E-state index in [0.717, 1.165) is 4.90 Å². The van der Waals surface area contributed by atoms with Gasteiger partial charge in [0, 0.05) is 0 Å². The molecule has 1 fully saturated rings. The summed E-state index contributed by atoms with van der Waals surface area (Å²) in [5.74, 6) is -0.827. The second-order valence-electron chi connectivity index (χ2n) is 4.16. The van der Waals surface area contributed by atoms with Crippen molar-refractivity contribution in [1.29, 1.82) is 0 Å². The molecule has 0 radical (unpaired) electrons. The molecule has 1 aliphatic rings. The summed E-state index contributed by atoms with van der Waals surface area (Å²) in [4.78, 5) is 24.5. The maximum atomic E-state index is 12.4. The predicted molar refractivity (Wildman–Crippen MR) is 54.0 cm³/mol. The number of halogens is 2. The summed E-state index contributed by atoms with van der Waals surface area (Å²) in [6.45, 7) is 4.00. The number of hydrogen-bond donors (Lipinski definition) is 1. The van der Waals surface area contributed by atoms with Gasteiger partial charge in [-0.05, 0) is 20.3 Å². The van der Waals surface area contributed by atoms with E-state index in [0.29, 0.717) is 6.42 Å². The van der Waals surface area contributed by atoms with E-state index in [1.165, 1.54) is 13.8 Å². The van der Waals surface area contributed by atoms with E-state index in [1.54, 1.807) is 6.92 Å². The summed E-state index contributed by atoms with van der Waals surface area (Å²) < 4.78 is 24.8. The van der Waals surface area contributed by atoms with Gasteiger partial charge in [-0.1, -0.05) is 6.92 Å². The molecule has 0 aliphatic carbocycles. The van der Waals surface area contributed by atoms with Crippen molar-refractivity contribution in [3.63, 3.8) is 0 Å². The molecule has 0 aromatic heterocycles. The van der Waals surface area contributed by atoms with Crippen LogP contribution in [0.15, 0.2) is 0 Å². The molecule has 1 aliphatic heterocycles. The van der Waals surface area contributed by atoms with Gasteiger partial charge in [-0.3, -0.25) is 9.59 Å². The summed E-state index contributed by atoms with van der Waals surface area (Å²) in [7, 11) is 0. The first-order valence-electron chi connectivity index (χ1n) is 5.23. The highest BCUT2D eigenvalue weighted by molar-refractivity contribution is 5.99. The molecule has 0 spiro atoms. The molecule has 2 unspecified atom stereocenters. The average molecular weight is 234 g/mol. The minimum atomic E-state index is -2.63. The maximum absolute atomic E-state index is 12.4. The highest BCUT2D eigenvalue weighted by Crippen LogP contribution is 2.25. The SMILES string of the molecule is CCC1(C)C(=O)NC(C)C(=O)N1CC(F)F. The van der Waals surface area contributed by atoms with E-state index in [1.807, 2.05) is 0 Å². The Morgan fingerprint density at radius 2 is 2.06 bits per heavy atom. The van der Waals surface area contributed by atoms with Crippen molar-refractivity contribution in [1.82, 2.24) is 10.2 Å². The molecule has 0 aromatic rings. The van der Waals surface area contributed by atoms with Crippen molar-refractivity contribution in [3.05, 3.63) is 0 Å². The minimum Gasteiger partial charge on any atom is -0.343 e. The predicted octanol–water partition coefficient (Wildman–Crippen LogP) is 0.767. The van der Waals surface area contributed by atoms with Crippen LogP contribution in [-0.4, -0.2) is 41.3 Å². The molecule has 92 valence electrons. The molecular formula is C10H16F2N2O2. The van der Waals surface area contributed by atoms with Crippen molar-refractivity contribution in [2.24, 2.45) is 0 Å². The number of rotatable bonds is 3. The van der Waals surface area contributed by atoms with Crippen LogP contribution in [0.3, 0.4) is 0 Å². The van der Waals surface area contributed by atoms with Crippen LogP contribution in [0.2, 0.25) is 0 Å². The number of piperazine rings is 1. The quantitative estimate of drug-likeness (QED) is 0.784. The number of hydrogen-bond acceptors (Lipinski definition) is 2. The number of nitrogens with one attached hydrogen (secondary N) is 1. The van der Waals surface area contributed by atoms with E-state index in [2.05, 4.69) is 5.32 Å². The van der Waals surface area contributed by atoms with Crippen molar-refractivity contribution >= 4 is 11.8 Å². The van der Waals surface area contributed by atoms with E-state index in [4.69, 9.17) is 0 Å². The lowest BCUT2D eigenvalue weighted by Crippen LogP contribution is -2.69. The van der Waals surface area contributed by atoms with Gasteiger partial charge in [-0.15, -0.1) is 0 Å². The van der Waals surface area contributed by atoms with E-state index >= 15 is 0 Å². The first-order valence-corrected chi connectivity index (χ1v) is 5.23. The Kier molecular flexibility index (Phi) is 3.50. The summed E-state index contributed by atoms with van der Waals surface area (Å²) in [6, 6.07) is -0.731. The van der Waals surface area contributed by atoms with Gasteiger partial charge in [-0.25, -0.2) is 8.78 Å². The van der Waals surface area contributed by atoms with Gasteiger partial charge in [0.1, 0.15) is 11.6 Å². The molecule has 2 amide bonds. The monoisotopic (exact) mass is 234 g/mol. The van der Waals surface area contributed by atoms with Crippen LogP contribution in [0.4, 0.5) is 8.78 Å². The number of alkyl halides is 2. The Morgan fingerprint density at radius 3 is 2.50 bits per heavy atom. The summed E-state index contributed by atoms with van der Waals surface area (Å²) >= 11 is 0. The third kappa shape index (κ3) is 2.01. The van der Waals surface area contributed by atoms with Gasteiger partial charge >= 0.3 is 0 Å². The smallest absolute Gasteiger partial charge is 0.255 e. The normalized spacial score (nSPS) is 30.9. The van der Waals surface area contributed by atoms with E-state index in [-0.39, 0.29) is 5.91 Å². The lowest BCUT2D eigenvalue weighted by Gasteiger charge is -2.45. The molecule has 1 saturated heterocycles. The largest absolute Gasteiger partial charge is 0.343 e. The third-order valence-corrected chi connectivity index (χ3v) is 3.08. The first kappa shape index (κ1) is 12.9. The molecule has 1 N–H and O–H groups in total. The lowest BCUT2D eigenvalue weighted by atomic mass is 9.91. The summed E-state index contributed by atoms with van der Waals surface area (Å²) in [6.07, 6.45) is -2.32. The molecule has 6 heteroatoms. The summed E-state index contributed by atoms with van der Waals surface area (Å²) in [5, 5.41) is 2.50. The molecule has 16 heavy (non-hydrogen) atoms. The molecule has 0 saturated carbocycles. The van der Waals surface area contributed by atoms with Gasteiger partial charge in [0.2, 0.25) is 11.8 Å². The molecular weight excluding hydrogens is 218 g/mol. The fourth-order valence-corrected chi connectivity index (χ4v) is 1.79. The fraction of sp³-hybridized carbons (Fsp3) is 0.800. The highest BCUT2D eigenvalue weighted by atomic mass is 19.3. The molecule has 0 bridgehead atoms. The zero-order valence-corrected chi connectivity index (χ0v) is 9.59. The van der Waals surface area contributed by atoms with Crippen LogP contribution in [-0.2, 0) is 9.59 Å². The topological polar surface area (TPSA) is 49.4 Å². The fourth-order valence-electron chi connectivity index (χ4n) is 1.79. The zero-order valence-electron chi connectivity index (χ0n) is 9.59. The molecule has 1 rings (SSSR count). The molecule has 2 atom stereocenters. The first-order chi connectivity index (χ1) is 7.32. The van der Waals surface area contributed by atoms with Crippen LogP contribution >= 0.6 is 0 Å². The van der Waals surface area contributed by atoms with Crippen molar-refractivity contribution in [2.45, 2.75) is 45.2 Å². The summed E-state index contributed by atoms with van der Waals surface area (Å²) in [5.41, 5.74) is -1.17. The molecule has 4 nitrogen and oxygen atoms in total. The highest BCUT2D eigenvalue weighted by Gasteiger charge is 2.47. The van der Waals surface area contributed by atoms with Crippen LogP contribution in [0, 0.1) is 0 Å². The Hall–Kier alpha value is -1.20. The number of carbonyl (C=O) groups is 2. The maximum Gasteiger partial charge on any atom is 0.255 e. The Labute approximate surface area is 93.0 Å². The van der Waals surface area contributed by atoms with Gasteiger partial charge in [0.15, 0.2) is 0 Å². The Bertz CT molecular complexity index is 309. The Morgan fingerprint density at radius 1 is 1.50 bits per heavy atom. The Balaban J connectivity index is 3.02. The van der Waals surface area contributed by atoms with Crippen LogP contribution in [0.5, 0.6) is 0 Å². The van der Waals surface area contributed by atoms with Crippen LogP contribution < -0.4 is 5.32 Å². The standard InChI is InChI=1S/C10H16F2N2O2/c1-4-10(3)9(16)13-6(2)8(15)14(10)5-7(11)12/h6-7H,4-5H2,1-3H3,(H,13,16). The zero-order chi connectivity index (χ0) is 12.5. The van der Waals surface area contributed by atoms with Crippen LogP contribution in [0.1, 0.15) is 27.2 Å². The number of amides is 2. The van der Waals surface area contributed by atoms with Crippen molar-refractivity contribution in [2.75, 3.05) is 6.54 Å². The van der Waals surface area contributed by atoms with Crippen LogP contribution in [0.25, 0.3) is 0 Å². The molecule has 1 heterocycles. The van der Waals surface area contributed by atoms with E-state index < -0.39 is 30.5 Å². The van der Waals surface area contributed by atoms with Gasteiger partial charge in [-0.2, -0.15) is 0 Å². The lowest BCUT2D eigenvalue weighted by molar-refractivity contribution is -0.158. The molecule has 0 aromatic carbocycles. The van der Waals surface area contributed by atoms with Gasteiger partial charge in [0.05, 0.1) is 6.54 Å². The van der Waals surface area contributed by atoms with Crippen molar-refractivity contribution < 1.29 is 18.4 Å². The third-order valence-electron chi connectivity index (χ3n) is 3.08. The van der Waals surface area contributed by atoms with Gasteiger partial charge < -0.3 is 10.2 Å². The number of carbonyl (C=O) groups excluding carboxylic acids is 2. The average Bonchev–Trinajstić information content (AvgIpc) is 2.21. The second-order valence-corrected chi connectivity index (χ2v) is 4.16. The number of nitrogens with zero attached hydrogens (tertiary/aromatic N) is 1. The van der Waals surface area contributed by atoms with E-state index in [9.17, 15) is 18.4 Å². The second kappa shape index (κ2) is 4.35. The minimum absolute atomic E-state index is 0.310. The van der Waals surface area contributed by atoms with Gasteiger partial charge in [0.25, 0.3) is 6.43 Å². The van der Waals surface area contributed by atoms with Crippen molar-refractivity contribution in [3.8, 4) is 0 Å².